The molecule has 82 valence electrons. The van der Waals surface area contributed by atoms with Crippen LogP contribution >= 0.6 is 38.5 Å². The van der Waals surface area contributed by atoms with E-state index in [0.717, 1.165) is 9.32 Å². The van der Waals surface area contributed by atoms with Crippen molar-refractivity contribution in [2.45, 2.75) is 0 Å². The van der Waals surface area contributed by atoms with Crippen molar-refractivity contribution in [3.63, 3.8) is 0 Å². The number of ether oxygens (including phenoxy) is 1. The lowest BCUT2D eigenvalue weighted by Crippen LogP contribution is -1.97. The van der Waals surface area contributed by atoms with Gasteiger partial charge in [-0.05, 0) is 50.7 Å². The van der Waals surface area contributed by atoms with Gasteiger partial charge in [-0.25, -0.2) is 9.97 Å². The number of nitrogens with two attached hydrogens (primary N) is 1. The third-order valence-electron chi connectivity index (χ3n) is 1.83. The van der Waals surface area contributed by atoms with Crippen LogP contribution in [0.15, 0.2) is 35.1 Å². The van der Waals surface area contributed by atoms with Crippen molar-refractivity contribution in [3.8, 4) is 11.6 Å². The summed E-state index contributed by atoms with van der Waals surface area (Å²) in [7, 11) is 0. The molecule has 0 unspecified atom stereocenters. The van der Waals surface area contributed by atoms with E-state index in [0.29, 0.717) is 16.2 Å². The molecule has 2 N–H and O–H groups in total. The summed E-state index contributed by atoms with van der Waals surface area (Å²) in [5, 5.41) is 0. The zero-order valence-corrected chi connectivity index (χ0v) is 11.8. The smallest absolute Gasteiger partial charge is 0.238 e. The van der Waals surface area contributed by atoms with E-state index in [-0.39, 0.29) is 0 Å². The predicted molar refractivity (Wildman–Crippen MR) is 73.4 cm³/mol. The zero-order chi connectivity index (χ0) is 11.5. The molecule has 0 radical (unpaired) electrons. The number of anilines is 1. The van der Waals surface area contributed by atoms with Crippen LogP contribution in [0.1, 0.15) is 0 Å². The van der Waals surface area contributed by atoms with Gasteiger partial charge < -0.3 is 10.5 Å². The Morgan fingerprint density at radius 1 is 1.25 bits per heavy atom. The lowest BCUT2D eigenvalue weighted by atomic mass is 10.3. The van der Waals surface area contributed by atoms with E-state index in [4.69, 9.17) is 10.5 Å². The van der Waals surface area contributed by atoms with Crippen molar-refractivity contribution in [2.75, 3.05) is 5.73 Å². The second kappa shape index (κ2) is 4.96. The number of nitrogen functional groups attached to an aromatic ring is 1. The van der Waals surface area contributed by atoms with Gasteiger partial charge in [-0.3, -0.25) is 0 Å². The van der Waals surface area contributed by atoms with Crippen molar-refractivity contribution in [2.24, 2.45) is 0 Å². The number of para-hydroxylation sites is 1. The van der Waals surface area contributed by atoms with Gasteiger partial charge in [0, 0.05) is 0 Å². The molecule has 6 heteroatoms. The molecule has 2 rings (SSSR count). The Bertz CT molecular complexity index is 521. The summed E-state index contributed by atoms with van der Waals surface area (Å²) < 4.78 is 7.20. The molecule has 0 aliphatic rings. The predicted octanol–water partition coefficient (Wildman–Crippen LogP) is 3.22. The second-order valence-electron chi connectivity index (χ2n) is 2.91. The SMILES string of the molecule is Nc1ncnc(Oc2ccccc2I)c1Br. The van der Waals surface area contributed by atoms with Crippen LogP contribution < -0.4 is 10.5 Å². The van der Waals surface area contributed by atoms with E-state index in [1.807, 2.05) is 24.3 Å². The summed E-state index contributed by atoms with van der Waals surface area (Å²) >= 11 is 5.48. The Kier molecular flexibility index (Phi) is 3.59. The molecule has 4 nitrogen and oxygen atoms in total. The van der Waals surface area contributed by atoms with Gasteiger partial charge in [0.25, 0.3) is 0 Å². The average molecular weight is 392 g/mol. The highest BCUT2D eigenvalue weighted by atomic mass is 127. The number of aromatic nitrogens is 2. The van der Waals surface area contributed by atoms with Gasteiger partial charge >= 0.3 is 0 Å². The maximum atomic E-state index is 5.64. The van der Waals surface area contributed by atoms with Crippen LogP contribution in [0.3, 0.4) is 0 Å². The standard InChI is InChI=1S/C10H7BrIN3O/c11-8-9(13)14-5-15-10(8)16-7-4-2-1-3-6(7)12/h1-5H,(H2,13,14,15). The van der Waals surface area contributed by atoms with Crippen molar-refractivity contribution in [1.29, 1.82) is 0 Å². The van der Waals surface area contributed by atoms with Gasteiger partial charge in [0.1, 0.15) is 22.4 Å². The maximum absolute atomic E-state index is 5.64. The lowest BCUT2D eigenvalue weighted by Gasteiger charge is -2.08. The van der Waals surface area contributed by atoms with Gasteiger partial charge in [-0.2, -0.15) is 0 Å². The number of rotatable bonds is 2. The zero-order valence-electron chi connectivity index (χ0n) is 8.02. The van der Waals surface area contributed by atoms with Gasteiger partial charge in [-0.1, -0.05) is 12.1 Å². The summed E-state index contributed by atoms with van der Waals surface area (Å²) in [5.74, 6) is 1.51. The molecule has 2 aromatic rings. The van der Waals surface area contributed by atoms with Crippen molar-refractivity contribution >= 4 is 44.3 Å². The van der Waals surface area contributed by atoms with E-state index in [1.165, 1.54) is 6.33 Å². The molecule has 0 amide bonds. The Morgan fingerprint density at radius 3 is 2.75 bits per heavy atom. The lowest BCUT2D eigenvalue weighted by molar-refractivity contribution is 0.455. The number of hydrogen-bond donors (Lipinski definition) is 1. The van der Waals surface area contributed by atoms with Crippen molar-refractivity contribution in [1.82, 2.24) is 9.97 Å². The summed E-state index contributed by atoms with van der Waals surface area (Å²) in [5.41, 5.74) is 5.63. The number of hydrogen-bond acceptors (Lipinski definition) is 4. The average Bonchev–Trinajstić information content (AvgIpc) is 2.28. The quantitative estimate of drug-likeness (QED) is 0.798. The Labute approximate surface area is 115 Å². The summed E-state index contributed by atoms with van der Waals surface area (Å²) in [6, 6.07) is 7.66. The topological polar surface area (TPSA) is 61.0 Å². The molecule has 0 aliphatic carbocycles. The summed E-state index contributed by atoms with van der Waals surface area (Å²) in [6.45, 7) is 0. The molecule has 0 fully saturated rings. The summed E-state index contributed by atoms with van der Waals surface area (Å²) in [6.07, 6.45) is 1.37. The van der Waals surface area contributed by atoms with Gasteiger partial charge in [0.05, 0.1) is 3.57 Å². The fraction of sp³-hybridized carbons (Fsp3) is 0. The largest absolute Gasteiger partial charge is 0.437 e. The third-order valence-corrected chi connectivity index (χ3v) is 3.46. The number of benzene rings is 1. The molecule has 0 aliphatic heterocycles. The van der Waals surface area contributed by atoms with E-state index in [9.17, 15) is 0 Å². The maximum Gasteiger partial charge on any atom is 0.238 e. The minimum absolute atomic E-state index is 0.357. The van der Waals surface area contributed by atoms with Crippen LogP contribution in [0.4, 0.5) is 5.82 Å². The van der Waals surface area contributed by atoms with Gasteiger partial charge in [0.2, 0.25) is 5.88 Å². The fourth-order valence-electron chi connectivity index (χ4n) is 1.07. The highest BCUT2D eigenvalue weighted by molar-refractivity contribution is 14.1. The molecular weight excluding hydrogens is 385 g/mol. The highest BCUT2D eigenvalue weighted by Crippen LogP contribution is 2.32. The fourth-order valence-corrected chi connectivity index (χ4v) is 1.85. The molecule has 0 saturated heterocycles. The Hall–Kier alpha value is -0.890. The second-order valence-corrected chi connectivity index (χ2v) is 4.87. The molecule has 1 aromatic heterocycles. The first-order valence-corrected chi connectivity index (χ1v) is 6.24. The van der Waals surface area contributed by atoms with Crippen LogP contribution in [0, 0.1) is 3.57 Å². The van der Waals surface area contributed by atoms with Crippen LogP contribution in [0.2, 0.25) is 0 Å². The van der Waals surface area contributed by atoms with Crippen molar-refractivity contribution in [3.05, 3.63) is 38.6 Å². The molecule has 16 heavy (non-hydrogen) atoms. The first kappa shape index (κ1) is 11.6. The van der Waals surface area contributed by atoms with E-state index in [2.05, 4.69) is 48.5 Å². The Balaban J connectivity index is 2.35. The van der Waals surface area contributed by atoms with E-state index < -0.39 is 0 Å². The van der Waals surface area contributed by atoms with Gasteiger partial charge in [-0.15, -0.1) is 0 Å². The van der Waals surface area contributed by atoms with Crippen LogP contribution in [-0.4, -0.2) is 9.97 Å². The highest BCUT2D eigenvalue weighted by Gasteiger charge is 2.09. The number of halogens is 2. The van der Waals surface area contributed by atoms with Crippen LogP contribution in [-0.2, 0) is 0 Å². The van der Waals surface area contributed by atoms with E-state index >= 15 is 0 Å². The van der Waals surface area contributed by atoms with E-state index in [1.54, 1.807) is 0 Å². The third kappa shape index (κ3) is 2.43. The molecule has 1 heterocycles. The molecular formula is C10H7BrIN3O. The first-order chi connectivity index (χ1) is 7.68. The normalized spacial score (nSPS) is 10.1. The monoisotopic (exact) mass is 391 g/mol. The summed E-state index contributed by atoms with van der Waals surface area (Å²) in [4.78, 5) is 7.85. The molecule has 0 bridgehead atoms. The molecule has 1 aromatic carbocycles. The van der Waals surface area contributed by atoms with Crippen LogP contribution in [0.25, 0.3) is 0 Å². The molecule has 0 spiro atoms. The minimum Gasteiger partial charge on any atom is -0.437 e. The Morgan fingerprint density at radius 2 is 2.00 bits per heavy atom. The van der Waals surface area contributed by atoms with Gasteiger partial charge in [0.15, 0.2) is 0 Å². The minimum atomic E-state index is 0.357. The molecule has 0 atom stereocenters. The molecule has 0 saturated carbocycles. The first-order valence-electron chi connectivity index (χ1n) is 4.37. The number of nitrogens with zero attached hydrogens (tertiary/aromatic N) is 2. The van der Waals surface area contributed by atoms with Crippen molar-refractivity contribution < 1.29 is 4.74 Å². The van der Waals surface area contributed by atoms with Crippen LogP contribution in [0.5, 0.6) is 11.6 Å².